The molecular formula is C24H19N3O6S. The fraction of sp³-hybridized carbons (Fsp3) is 0.167. The van der Waals surface area contributed by atoms with Crippen molar-refractivity contribution in [1.82, 2.24) is 14.1 Å². The van der Waals surface area contributed by atoms with Crippen LogP contribution >= 0.6 is 11.8 Å². The van der Waals surface area contributed by atoms with Gasteiger partial charge in [-0.25, -0.2) is 14.6 Å². The molecule has 9 nitrogen and oxygen atoms in total. The van der Waals surface area contributed by atoms with Crippen LogP contribution < -0.4 is 11.3 Å². The molecule has 34 heavy (non-hydrogen) atoms. The number of nitrogens with zero attached hydrogens (tertiary/aromatic N) is 3. The van der Waals surface area contributed by atoms with Crippen molar-refractivity contribution in [2.75, 3.05) is 12.9 Å². The van der Waals surface area contributed by atoms with Crippen LogP contribution in [0.2, 0.25) is 0 Å². The highest BCUT2D eigenvalue weighted by atomic mass is 32.2. The molecular weight excluding hydrogens is 458 g/mol. The van der Waals surface area contributed by atoms with Gasteiger partial charge < -0.3 is 13.6 Å². The number of para-hydroxylation sites is 2. The molecule has 0 N–H and O–H groups in total. The Hall–Kier alpha value is -4.05. The summed E-state index contributed by atoms with van der Waals surface area (Å²) in [4.78, 5) is 42.2. The zero-order valence-electron chi connectivity index (χ0n) is 18.1. The predicted octanol–water partition coefficient (Wildman–Crippen LogP) is 3.52. The molecule has 0 aliphatic carbocycles. The first kappa shape index (κ1) is 21.8. The van der Waals surface area contributed by atoms with Crippen molar-refractivity contribution in [1.29, 1.82) is 0 Å². The number of ether oxygens (including phenoxy) is 1. The van der Waals surface area contributed by atoms with Crippen LogP contribution in [0.4, 0.5) is 0 Å². The highest BCUT2D eigenvalue weighted by Crippen LogP contribution is 2.21. The van der Waals surface area contributed by atoms with Crippen LogP contribution in [0.25, 0.3) is 22.0 Å². The Balaban J connectivity index is 1.51. The van der Waals surface area contributed by atoms with Gasteiger partial charge in [0.1, 0.15) is 5.76 Å². The molecule has 0 aliphatic heterocycles. The van der Waals surface area contributed by atoms with E-state index >= 15 is 0 Å². The summed E-state index contributed by atoms with van der Waals surface area (Å²) in [7, 11) is 1.30. The van der Waals surface area contributed by atoms with Crippen molar-refractivity contribution in [3.05, 3.63) is 93.1 Å². The first-order valence-electron chi connectivity index (χ1n) is 10.4. The quantitative estimate of drug-likeness (QED) is 0.199. The summed E-state index contributed by atoms with van der Waals surface area (Å²) in [6.07, 6.45) is 1.54. The molecule has 0 saturated heterocycles. The van der Waals surface area contributed by atoms with Gasteiger partial charge in [-0.3, -0.25) is 13.9 Å². The second-order valence-electron chi connectivity index (χ2n) is 7.42. The molecule has 0 bridgehead atoms. The molecule has 0 amide bonds. The summed E-state index contributed by atoms with van der Waals surface area (Å²) in [5.41, 5.74) is 1.66. The summed E-state index contributed by atoms with van der Waals surface area (Å²) in [6, 6.07) is 15.4. The van der Waals surface area contributed by atoms with E-state index in [2.05, 4.69) is 4.98 Å². The van der Waals surface area contributed by atoms with Gasteiger partial charge in [0.2, 0.25) is 0 Å². The largest absolute Gasteiger partial charge is 0.467 e. The number of furan rings is 1. The Morgan fingerprint density at radius 2 is 1.94 bits per heavy atom. The highest BCUT2D eigenvalue weighted by Gasteiger charge is 2.16. The molecule has 0 unspecified atom stereocenters. The Kier molecular flexibility index (Phi) is 5.81. The minimum atomic E-state index is -0.510. The van der Waals surface area contributed by atoms with E-state index in [0.717, 1.165) is 0 Å². The molecule has 5 rings (SSSR count). The maximum atomic E-state index is 13.3. The van der Waals surface area contributed by atoms with E-state index in [1.165, 1.54) is 35.6 Å². The number of carbonyl (C=O) groups is 1. The molecule has 3 heterocycles. The van der Waals surface area contributed by atoms with Crippen molar-refractivity contribution in [2.45, 2.75) is 18.2 Å². The Bertz CT molecular complexity index is 1610. The van der Waals surface area contributed by atoms with Crippen LogP contribution in [0.3, 0.4) is 0 Å². The van der Waals surface area contributed by atoms with E-state index in [9.17, 15) is 14.4 Å². The zero-order chi connectivity index (χ0) is 23.7. The van der Waals surface area contributed by atoms with E-state index in [1.54, 1.807) is 41.2 Å². The van der Waals surface area contributed by atoms with E-state index in [-0.39, 0.29) is 12.1 Å². The first-order chi connectivity index (χ1) is 16.5. The van der Waals surface area contributed by atoms with Crippen molar-refractivity contribution in [3.63, 3.8) is 0 Å². The lowest BCUT2D eigenvalue weighted by Crippen LogP contribution is -2.24. The number of methoxy groups -OCH3 is 1. The van der Waals surface area contributed by atoms with Crippen LogP contribution in [0.15, 0.2) is 84.4 Å². The molecule has 3 aromatic heterocycles. The van der Waals surface area contributed by atoms with Gasteiger partial charge in [-0.2, -0.15) is 0 Å². The molecule has 10 heteroatoms. The summed E-state index contributed by atoms with van der Waals surface area (Å²) < 4.78 is 18.6. The van der Waals surface area contributed by atoms with Crippen LogP contribution in [0, 0.1) is 0 Å². The van der Waals surface area contributed by atoms with Crippen molar-refractivity contribution in [3.8, 4) is 0 Å². The number of hydrogen-bond donors (Lipinski definition) is 0. The van der Waals surface area contributed by atoms with E-state index in [4.69, 9.17) is 13.6 Å². The standard InChI is InChI=1S/C24H19N3O6S/c1-31-22(29)15-8-9-17-18(13-15)25-23(27(21(17)28)14-16-5-4-11-32-16)34-12-10-26-19-6-2-3-7-20(19)33-24(26)30/h2-9,11,13H,10,12,14H2,1H3. The van der Waals surface area contributed by atoms with E-state index in [0.29, 0.717) is 50.8 Å². The summed E-state index contributed by atoms with van der Waals surface area (Å²) >= 11 is 1.33. The fourth-order valence-corrected chi connectivity index (χ4v) is 4.63. The number of rotatable bonds is 7. The lowest BCUT2D eigenvalue weighted by molar-refractivity contribution is 0.0601. The molecule has 0 atom stereocenters. The number of hydrogen-bond acceptors (Lipinski definition) is 8. The Morgan fingerprint density at radius 1 is 1.09 bits per heavy atom. The van der Waals surface area contributed by atoms with E-state index in [1.807, 2.05) is 12.1 Å². The van der Waals surface area contributed by atoms with Crippen LogP contribution in [-0.2, 0) is 17.8 Å². The molecule has 0 radical (unpaired) electrons. The lowest BCUT2D eigenvalue weighted by Gasteiger charge is -2.13. The molecule has 172 valence electrons. The average Bonchev–Trinajstić information content (AvgIpc) is 3.48. The van der Waals surface area contributed by atoms with Crippen LogP contribution in [-0.4, -0.2) is 33.0 Å². The third-order valence-electron chi connectivity index (χ3n) is 5.36. The number of aromatic nitrogens is 3. The zero-order valence-corrected chi connectivity index (χ0v) is 18.9. The Morgan fingerprint density at radius 3 is 2.74 bits per heavy atom. The van der Waals surface area contributed by atoms with Gasteiger partial charge in [0, 0.05) is 12.3 Å². The molecule has 2 aromatic carbocycles. The third kappa shape index (κ3) is 4.03. The minimum absolute atomic E-state index is 0.199. The number of esters is 1. The first-order valence-corrected chi connectivity index (χ1v) is 11.4. The molecule has 5 aromatic rings. The fourth-order valence-electron chi connectivity index (χ4n) is 3.71. The van der Waals surface area contributed by atoms with Gasteiger partial charge in [-0.1, -0.05) is 23.9 Å². The normalized spacial score (nSPS) is 11.3. The van der Waals surface area contributed by atoms with Crippen molar-refractivity contribution in [2.24, 2.45) is 0 Å². The second-order valence-corrected chi connectivity index (χ2v) is 8.49. The number of benzene rings is 2. The smallest absolute Gasteiger partial charge is 0.419 e. The molecule has 0 spiro atoms. The average molecular weight is 477 g/mol. The second kappa shape index (κ2) is 9.06. The van der Waals surface area contributed by atoms with Gasteiger partial charge in [-0.15, -0.1) is 0 Å². The maximum absolute atomic E-state index is 13.3. The number of fused-ring (bicyclic) bond motifs is 2. The maximum Gasteiger partial charge on any atom is 0.419 e. The Labute approximate surface area is 196 Å². The highest BCUT2D eigenvalue weighted by molar-refractivity contribution is 7.99. The number of carbonyl (C=O) groups excluding carboxylic acids is 1. The number of oxazole rings is 1. The number of aryl methyl sites for hydroxylation is 1. The summed E-state index contributed by atoms with van der Waals surface area (Å²) in [6.45, 7) is 0.557. The van der Waals surface area contributed by atoms with Gasteiger partial charge >= 0.3 is 11.7 Å². The van der Waals surface area contributed by atoms with Gasteiger partial charge in [0.25, 0.3) is 5.56 Å². The van der Waals surface area contributed by atoms with E-state index < -0.39 is 11.7 Å². The van der Waals surface area contributed by atoms with Gasteiger partial charge in [0.15, 0.2) is 10.7 Å². The van der Waals surface area contributed by atoms with Crippen LogP contribution in [0.1, 0.15) is 16.1 Å². The summed E-state index contributed by atoms with van der Waals surface area (Å²) in [5, 5.41) is 0.817. The topological polar surface area (TPSA) is 109 Å². The summed E-state index contributed by atoms with van der Waals surface area (Å²) in [5.74, 6) is 0.108. The number of thioether (sulfide) groups is 1. The SMILES string of the molecule is COC(=O)c1ccc2c(=O)n(Cc3ccco3)c(SCCn3c(=O)oc4ccccc43)nc2c1. The van der Waals surface area contributed by atoms with Gasteiger partial charge in [-0.05, 0) is 42.5 Å². The van der Waals surface area contributed by atoms with Gasteiger partial charge in [0.05, 0.1) is 41.9 Å². The molecule has 0 fully saturated rings. The minimum Gasteiger partial charge on any atom is -0.467 e. The third-order valence-corrected chi connectivity index (χ3v) is 6.31. The predicted molar refractivity (Wildman–Crippen MR) is 126 cm³/mol. The molecule has 0 aliphatic rings. The monoisotopic (exact) mass is 477 g/mol. The van der Waals surface area contributed by atoms with Crippen molar-refractivity contribution >= 4 is 39.7 Å². The lowest BCUT2D eigenvalue weighted by atomic mass is 10.1. The van der Waals surface area contributed by atoms with Crippen LogP contribution in [0.5, 0.6) is 0 Å². The van der Waals surface area contributed by atoms with Crippen molar-refractivity contribution < 1.29 is 18.4 Å². The molecule has 0 saturated carbocycles.